The van der Waals surface area contributed by atoms with Gasteiger partial charge in [0.2, 0.25) is 0 Å². The van der Waals surface area contributed by atoms with Gasteiger partial charge in [-0.1, -0.05) is 60.3 Å². The molecule has 42 heavy (non-hydrogen) atoms. The largest absolute Gasteiger partial charge is 0.478 e. The molecule has 6 rings (SSSR count). The summed E-state index contributed by atoms with van der Waals surface area (Å²) >= 11 is 0. The maximum atomic E-state index is 14.7. The van der Waals surface area contributed by atoms with Gasteiger partial charge in [0.15, 0.2) is 0 Å². The minimum Gasteiger partial charge on any atom is -0.478 e. The summed E-state index contributed by atoms with van der Waals surface area (Å²) in [5.74, 6) is 1.26. The minimum absolute atomic E-state index is 0.0704. The van der Waals surface area contributed by atoms with Crippen molar-refractivity contribution >= 4 is 11.5 Å². The van der Waals surface area contributed by atoms with Gasteiger partial charge in [0.1, 0.15) is 5.82 Å². The molecule has 0 aromatic heterocycles. The number of carboxylic acid groups (broad SMARTS) is 1. The predicted octanol–water partition coefficient (Wildman–Crippen LogP) is 8.49. The Hall–Kier alpha value is -1.98. The fraction of sp³-hybridized carbons (Fsp3) is 0.703. The van der Waals surface area contributed by atoms with Gasteiger partial charge in [-0.05, 0) is 138 Å². The van der Waals surface area contributed by atoms with E-state index < -0.39 is 11.8 Å². The van der Waals surface area contributed by atoms with Gasteiger partial charge in [0.25, 0.3) is 0 Å². The molecule has 0 aliphatic heterocycles. The fourth-order valence-electron chi connectivity index (χ4n) is 11.9. The molecule has 0 amide bonds. The second-order valence-electron chi connectivity index (χ2n) is 15.3. The van der Waals surface area contributed by atoms with Crippen LogP contribution < -0.4 is 5.73 Å². The van der Waals surface area contributed by atoms with Crippen LogP contribution in [-0.4, -0.2) is 28.3 Å². The Bertz CT molecular complexity index is 1270. The Morgan fingerprint density at radius 2 is 1.69 bits per heavy atom. The third-order valence-electron chi connectivity index (χ3n) is 13.5. The number of allylic oxidation sites excluding steroid dienone is 2. The van der Waals surface area contributed by atoms with E-state index in [9.17, 15) is 19.4 Å². The van der Waals surface area contributed by atoms with Crippen molar-refractivity contribution in [2.75, 3.05) is 6.61 Å². The molecule has 1 aromatic carbocycles. The standard InChI is InChI=1S/C35H48FNO3.C2H6/c1-20(19-38)22-10-16-35(37)17-12-26-23(30(22)35)8-9-29-33(26,4)15-13-28-32(2,3)25(11-14-34(28,29)5)21-6-7-24(31(39)40)27(36)18-21;1-2/h6-7,11,18,22-23,26,28-30,38H,1,8-10,12-17,19,37H2,2-5H3,(H,39,40);1-2H3/t22-,23-,26?,28?,29?,30?,33-,34-,35-;/m0./s1. The molecule has 4 N–H and O–H groups in total. The first-order chi connectivity index (χ1) is 19.8. The number of carboxylic acids is 1. The molecule has 5 aliphatic carbocycles. The van der Waals surface area contributed by atoms with E-state index in [2.05, 4.69) is 40.3 Å². The van der Waals surface area contributed by atoms with E-state index in [1.165, 1.54) is 37.8 Å². The number of rotatable bonds is 4. The van der Waals surface area contributed by atoms with E-state index in [0.717, 1.165) is 48.8 Å². The number of halogens is 1. The Labute approximate surface area is 253 Å². The number of aliphatic hydroxyl groups is 1. The van der Waals surface area contributed by atoms with E-state index in [1.807, 2.05) is 13.8 Å². The minimum atomic E-state index is -1.23. The van der Waals surface area contributed by atoms with Crippen LogP contribution in [-0.2, 0) is 0 Å². The van der Waals surface area contributed by atoms with Crippen LogP contribution in [0.4, 0.5) is 4.39 Å². The van der Waals surface area contributed by atoms with Crippen molar-refractivity contribution in [3.63, 3.8) is 0 Å². The molecule has 4 nitrogen and oxygen atoms in total. The number of aromatic carboxylic acids is 1. The number of hydrogen-bond donors (Lipinski definition) is 3. The normalized spacial score (nSPS) is 41.6. The zero-order valence-corrected chi connectivity index (χ0v) is 26.8. The van der Waals surface area contributed by atoms with E-state index in [4.69, 9.17) is 5.73 Å². The highest BCUT2D eigenvalue weighted by Gasteiger charge is 2.66. The second kappa shape index (κ2) is 10.9. The molecule has 4 unspecified atom stereocenters. The topological polar surface area (TPSA) is 83.5 Å². The summed E-state index contributed by atoms with van der Waals surface area (Å²) in [7, 11) is 0. The summed E-state index contributed by atoms with van der Waals surface area (Å²) in [6, 6.07) is 4.64. The SMILES string of the molecule is C=C(CO)[C@@H]1CC[C@]2(N)CCC3[C@H](CCC4[C@@]3(C)CCC3C(C)(C)C(c5ccc(C(=O)O)c(F)c5)=CC[C@@]34C)C12.CC. The second-order valence-corrected chi connectivity index (χ2v) is 15.3. The molecule has 0 radical (unpaired) electrons. The van der Waals surface area contributed by atoms with Gasteiger partial charge in [-0.15, -0.1) is 0 Å². The molecule has 4 fully saturated rings. The van der Waals surface area contributed by atoms with Crippen LogP contribution >= 0.6 is 0 Å². The summed E-state index contributed by atoms with van der Waals surface area (Å²) in [6.45, 7) is 18.1. The Kier molecular flexibility index (Phi) is 8.14. The van der Waals surface area contributed by atoms with Gasteiger partial charge in [-0.25, -0.2) is 9.18 Å². The Morgan fingerprint density at radius 1 is 1.00 bits per heavy atom. The van der Waals surface area contributed by atoms with Crippen molar-refractivity contribution in [1.29, 1.82) is 0 Å². The lowest BCUT2D eigenvalue weighted by atomic mass is 9.36. The number of carbonyl (C=O) groups is 1. The van der Waals surface area contributed by atoms with Crippen molar-refractivity contribution in [1.82, 2.24) is 0 Å². The van der Waals surface area contributed by atoms with E-state index in [0.29, 0.717) is 35.5 Å². The molecular weight excluding hydrogens is 525 g/mol. The maximum absolute atomic E-state index is 14.7. The molecule has 9 atom stereocenters. The van der Waals surface area contributed by atoms with Gasteiger partial charge in [-0.3, -0.25) is 0 Å². The third kappa shape index (κ3) is 4.47. The molecule has 0 heterocycles. The number of hydrogen-bond acceptors (Lipinski definition) is 3. The Morgan fingerprint density at radius 3 is 2.33 bits per heavy atom. The summed E-state index contributed by atoms with van der Waals surface area (Å²) in [6.07, 6.45) is 12.5. The first kappa shape index (κ1) is 31.4. The molecular formula is C37H54FNO3. The quantitative estimate of drug-likeness (QED) is 0.312. The molecule has 0 saturated heterocycles. The number of benzene rings is 1. The summed E-state index contributed by atoms with van der Waals surface area (Å²) in [4.78, 5) is 11.4. The van der Waals surface area contributed by atoms with Gasteiger partial charge in [0.05, 0.1) is 12.2 Å². The van der Waals surface area contributed by atoms with Crippen molar-refractivity contribution in [3.05, 3.63) is 53.4 Å². The van der Waals surface area contributed by atoms with Crippen LogP contribution in [0.25, 0.3) is 5.57 Å². The van der Waals surface area contributed by atoms with E-state index in [1.54, 1.807) is 6.07 Å². The first-order valence-electron chi connectivity index (χ1n) is 16.6. The molecule has 5 heteroatoms. The molecule has 1 aromatic rings. The molecule has 5 aliphatic rings. The van der Waals surface area contributed by atoms with Crippen LogP contribution in [0.2, 0.25) is 0 Å². The highest BCUT2D eigenvalue weighted by atomic mass is 19.1. The number of nitrogens with two attached hydrogens (primary N) is 1. The molecule has 0 spiro atoms. The van der Waals surface area contributed by atoms with Crippen LogP contribution in [0.1, 0.15) is 115 Å². The van der Waals surface area contributed by atoms with Crippen LogP contribution in [0, 0.1) is 57.6 Å². The molecule has 232 valence electrons. The average molecular weight is 580 g/mol. The maximum Gasteiger partial charge on any atom is 0.338 e. The van der Waals surface area contributed by atoms with Gasteiger partial charge >= 0.3 is 5.97 Å². The molecule has 4 saturated carbocycles. The fourth-order valence-corrected chi connectivity index (χ4v) is 11.9. The first-order valence-corrected chi connectivity index (χ1v) is 16.6. The zero-order valence-electron chi connectivity index (χ0n) is 26.8. The smallest absolute Gasteiger partial charge is 0.338 e. The van der Waals surface area contributed by atoms with Crippen molar-refractivity contribution in [2.45, 2.75) is 105 Å². The van der Waals surface area contributed by atoms with E-state index in [-0.39, 0.29) is 34.0 Å². The predicted molar refractivity (Wildman–Crippen MR) is 168 cm³/mol. The Balaban J connectivity index is 0.00000173. The lowest BCUT2D eigenvalue weighted by molar-refractivity contribution is -0.173. The lowest BCUT2D eigenvalue weighted by Crippen LogP contribution is -2.63. The van der Waals surface area contributed by atoms with Crippen LogP contribution in [0.3, 0.4) is 0 Å². The zero-order chi connectivity index (χ0) is 30.8. The van der Waals surface area contributed by atoms with Gasteiger partial charge < -0.3 is 15.9 Å². The van der Waals surface area contributed by atoms with Gasteiger partial charge in [0, 0.05) is 5.54 Å². The average Bonchev–Trinajstić information content (AvgIpc) is 3.30. The lowest BCUT2D eigenvalue weighted by Gasteiger charge is -2.68. The highest BCUT2D eigenvalue weighted by Crippen LogP contribution is 2.72. The number of aliphatic hydroxyl groups excluding tert-OH is 1. The summed E-state index contributed by atoms with van der Waals surface area (Å²) in [5, 5.41) is 19.3. The molecule has 0 bridgehead atoms. The van der Waals surface area contributed by atoms with E-state index >= 15 is 0 Å². The van der Waals surface area contributed by atoms with Crippen molar-refractivity contribution < 1.29 is 19.4 Å². The van der Waals surface area contributed by atoms with Crippen LogP contribution in [0.15, 0.2) is 36.4 Å². The highest BCUT2D eigenvalue weighted by molar-refractivity contribution is 5.88. The van der Waals surface area contributed by atoms with Crippen molar-refractivity contribution in [3.8, 4) is 0 Å². The third-order valence-corrected chi connectivity index (χ3v) is 13.5. The number of fused-ring (bicyclic) bond motifs is 7. The van der Waals surface area contributed by atoms with Crippen LogP contribution in [0.5, 0.6) is 0 Å². The summed E-state index contributed by atoms with van der Waals surface area (Å²) < 4.78 is 14.7. The van der Waals surface area contributed by atoms with Gasteiger partial charge in [-0.2, -0.15) is 0 Å². The summed E-state index contributed by atoms with van der Waals surface area (Å²) in [5.41, 5.74) is 10.0. The van der Waals surface area contributed by atoms with Crippen molar-refractivity contribution in [2.24, 2.45) is 57.5 Å². The monoisotopic (exact) mass is 579 g/mol.